The van der Waals surface area contributed by atoms with Gasteiger partial charge in [0.2, 0.25) is 0 Å². The zero-order valence-corrected chi connectivity index (χ0v) is 13.3. The molecule has 1 rings (SSSR count). The Kier molecular flexibility index (Phi) is 6.81. The van der Waals surface area contributed by atoms with Crippen LogP contribution in [0.3, 0.4) is 0 Å². The van der Waals surface area contributed by atoms with Crippen LogP contribution in [0, 0.1) is 3.57 Å². The van der Waals surface area contributed by atoms with Crippen molar-refractivity contribution in [2.24, 2.45) is 0 Å². The summed E-state index contributed by atoms with van der Waals surface area (Å²) >= 11 is 2.24. The minimum absolute atomic E-state index is 0.163. The number of carbonyl (C=O) groups is 1. The average molecular weight is 361 g/mol. The Morgan fingerprint density at radius 3 is 2.50 bits per heavy atom. The molecule has 0 saturated heterocycles. The first-order chi connectivity index (χ1) is 8.58. The highest BCUT2D eigenvalue weighted by Gasteiger charge is 2.16. The molecule has 100 valence electrons. The molecular weight excluding hydrogens is 341 g/mol. The fraction of sp³-hybridized carbons (Fsp3) is 0.500. The van der Waals surface area contributed by atoms with Crippen molar-refractivity contribution in [3.63, 3.8) is 0 Å². The Morgan fingerprint density at radius 2 is 2.00 bits per heavy atom. The second-order valence-corrected chi connectivity index (χ2v) is 5.54. The zero-order chi connectivity index (χ0) is 13.5. The van der Waals surface area contributed by atoms with E-state index in [0.717, 1.165) is 15.7 Å². The molecule has 1 aromatic rings. The van der Waals surface area contributed by atoms with Gasteiger partial charge in [0.1, 0.15) is 0 Å². The van der Waals surface area contributed by atoms with E-state index in [2.05, 4.69) is 41.3 Å². The van der Waals surface area contributed by atoms with Crippen molar-refractivity contribution in [3.05, 3.63) is 33.4 Å². The van der Waals surface area contributed by atoms with E-state index in [1.165, 1.54) is 0 Å². The molecule has 0 radical (unpaired) electrons. The van der Waals surface area contributed by atoms with Crippen LogP contribution in [0.1, 0.15) is 24.2 Å². The van der Waals surface area contributed by atoms with Crippen LogP contribution in [0.25, 0.3) is 0 Å². The lowest BCUT2D eigenvalue weighted by Crippen LogP contribution is -2.39. The molecule has 0 heterocycles. The van der Waals surface area contributed by atoms with E-state index in [1.807, 2.05) is 24.3 Å². The van der Waals surface area contributed by atoms with Gasteiger partial charge < -0.3 is 4.74 Å². The van der Waals surface area contributed by atoms with E-state index >= 15 is 0 Å². The highest BCUT2D eigenvalue weighted by atomic mass is 127. The van der Waals surface area contributed by atoms with E-state index in [9.17, 15) is 4.79 Å². The summed E-state index contributed by atoms with van der Waals surface area (Å²) in [6.07, 6.45) is 0. The number of likely N-dealkylation sites (N-methyl/N-ethyl adjacent to an activating group) is 1. The molecule has 0 fully saturated rings. The van der Waals surface area contributed by atoms with E-state index < -0.39 is 0 Å². The molecule has 0 amide bonds. The number of nitrogens with zero attached hydrogens (tertiary/aromatic N) is 1. The molecule has 18 heavy (non-hydrogen) atoms. The lowest BCUT2D eigenvalue weighted by Gasteiger charge is -2.26. The summed E-state index contributed by atoms with van der Waals surface area (Å²) in [5.74, 6) is 0.163. The summed E-state index contributed by atoms with van der Waals surface area (Å²) in [5.41, 5.74) is 0.776. The molecule has 0 N–H and O–H groups in total. The van der Waals surface area contributed by atoms with Crippen LogP contribution in [-0.4, -0.2) is 43.5 Å². The van der Waals surface area contributed by atoms with Crippen LogP contribution in [0.2, 0.25) is 0 Å². The van der Waals surface area contributed by atoms with E-state index in [0.29, 0.717) is 13.2 Å². The molecule has 0 aliphatic heterocycles. The fourth-order valence-corrected chi connectivity index (χ4v) is 2.20. The minimum atomic E-state index is 0.163. The van der Waals surface area contributed by atoms with Crippen LogP contribution in [-0.2, 0) is 4.74 Å². The first kappa shape index (κ1) is 15.6. The number of carbonyl (C=O) groups excluding carboxylic acids is 1. The van der Waals surface area contributed by atoms with Gasteiger partial charge >= 0.3 is 0 Å². The molecule has 3 nitrogen and oxygen atoms in total. The lowest BCUT2D eigenvalue weighted by atomic mass is 10.1. The van der Waals surface area contributed by atoms with E-state index in [4.69, 9.17) is 4.74 Å². The number of hydrogen-bond acceptors (Lipinski definition) is 3. The lowest BCUT2D eigenvalue weighted by molar-refractivity contribution is 0.0788. The van der Waals surface area contributed by atoms with Crippen LogP contribution >= 0.6 is 22.6 Å². The van der Waals surface area contributed by atoms with Gasteiger partial charge in [0, 0.05) is 22.3 Å². The molecule has 1 unspecified atom stereocenters. The normalized spacial score (nSPS) is 12.7. The molecule has 0 aromatic heterocycles. The van der Waals surface area contributed by atoms with Gasteiger partial charge in [0.15, 0.2) is 5.78 Å². The van der Waals surface area contributed by atoms with E-state index in [1.54, 1.807) is 7.11 Å². The third kappa shape index (κ3) is 4.66. The highest BCUT2D eigenvalue weighted by molar-refractivity contribution is 14.1. The topological polar surface area (TPSA) is 29.5 Å². The van der Waals surface area contributed by atoms with Crippen molar-refractivity contribution in [1.82, 2.24) is 4.90 Å². The van der Waals surface area contributed by atoms with Crippen LogP contribution in [0.15, 0.2) is 24.3 Å². The van der Waals surface area contributed by atoms with Gasteiger partial charge in [-0.3, -0.25) is 9.69 Å². The highest BCUT2D eigenvalue weighted by Crippen LogP contribution is 2.09. The number of ketones is 1. The quantitative estimate of drug-likeness (QED) is 0.553. The Balaban J connectivity index is 2.64. The van der Waals surface area contributed by atoms with Gasteiger partial charge in [-0.15, -0.1) is 0 Å². The Hall–Kier alpha value is -0.460. The summed E-state index contributed by atoms with van der Waals surface area (Å²) in [7, 11) is 1.69. The van der Waals surface area contributed by atoms with Crippen molar-refractivity contribution < 1.29 is 9.53 Å². The summed E-state index contributed by atoms with van der Waals surface area (Å²) in [4.78, 5) is 14.3. The van der Waals surface area contributed by atoms with Gasteiger partial charge in [0.05, 0.1) is 13.2 Å². The third-order valence-electron chi connectivity index (χ3n) is 2.95. The maximum atomic E-state index is 12.1. The summed E-state index contributed by atoms with van der Waals surface area (Å²) in [6.45, 7) is 6.08. The second-order valence-electron chi connectivity index (χ2n) is 4.30. The van der Waals surface area contributed by atoms with Crippen molar-refractivity contribution in [1.29, 1.82) is 0 Å². The second kappa shape index (κ2) is 7.86. The fourth-order valence-electron chi connectivity index (χ4n) is 1.84. The first-order valence-electron chi connectivity index (χ1n) is 6.10. The largest absolute Gasteiger partial charge is 0.383 e. The number of halogens is 1. The first-order valence-corrected chi connectivity index (χ1v) is 7.18. The maximum Gasteiger partial charge on any atom is 0.176 e. The smallest absolute Gasteiger partial charge is 0.176 e. The molecule has 0 saturated carbocycles. The van der Waals surface area contributed by atoms with Crippen molar-refractivity contribution in [2.75, 3.05) is 26.8 Å². The van der Waals surface area contributed by atoms with Gasteiger partial charge in [0.25, 0.3) is 0 Å². The molecule has 1 atom stereocenters. The number of ether oxygens (including phenoxy) is 1. The Labute approximate surface area is 123 Å². The summed E-state index contributed by atoms with van der Waals surface area (Å²) in [5, 5.41) is 0. The summed E-state index contributed by atoms with van der Waals surface area (Å²) in [6, 6.07) is 7.95. The number of Topliss-reactive ketones (excluding diaryl/α,β-unsaturated/α-hetero) is 1. The average Bonchev–Trinajstić information content (AvgIpc) is 2.36. The standard InChI is InChI=1S/C14H20INO2/c1-4-16(11(2)10-18-3)9-14(17)12-5-7-13(15)8-6-12/h5-8,11H,4,9-10H2,1-3H3. The molecule has 1 aromatic carbocycles. The zero-order valence-electron chi connectivity index (χ0n) is 11.1. The van der Waals surface area contributed by atoms with Gasteiger partial charge in [-0.2, -0.15) is 0 Å². The number of methoxy groups -OCH3 is 1. The van der Waals surface area contributed by atoms with Gasteiger partial charge in [-0.05, 0) is 48.2 Å². The van der Waals surface area contributed by atoms with Gasteiger partial charge in [-0.25, -0.2) is 0 Å². The molecule has 4 heteroatoms. The van der Waals surface area contributed by atoms with Crippen molar-refractivity contribution in [2.45, 2.75) is 19.9 Å². The predicted octanol–water partition coefficient (Wildman–Crippen LogP) is 2.83. The number of benzene rings is 1. The molecule has 0 aliphatic carbocycles. The Bertz CT molecular complexity index is 378. The predicted molar refractivity (Wildman–Crippen MR) is 82.1 cm³/mol. The van der Waals surface area contributed by atoms with Crippen LogP contribution in [0.4, 0.5) is 0 Å². The van der Waals surface area contributed by atoms with Crippen LogP contribution < -0.4 is 0 Å². The van der Waals surface area contributed by atoms with E-state index in [-0.39, 0.29) is 11.8 Å². The molecular formula is C14H20INO2. The molecule has 0 aliphatic rings. The Morgan fingerprint density at radius 1 is 1.39 bits per heavy atom. The minimum Gasteiger partial charge on any atom is -0.383 e. The van der Waals surface area contributed by atoms with Crippen LogP contribution in [0.5, 0.6) is 0 Å². The third-order valence-corrected chi connectivity index (χ3v) is 3.67. The summed E-state index contributed by atoms with van der Waals surface area (Å²) < 4.78 is 6.28. The molecule has 0 bridgehead atoms. The monoisotopic (exact) mass is 361 g/mol. The SMILES string of the molecule is CCN(CC(=O)c1ccc(I)cc1)C(C)COC. The van der Waals surface area contributed by atoms with Crippen molar-refractivity contribution in [3.8, 4) is 0 Å². The van der Waals surface area contributed by atoms with Gasteiger partial charge in [-0.1, -0.05) is 19.1 Å². The molecule has 0 spiro atoms. The number of rotatable bonds is 7. The van der Waals surface area contributed by atoms with Crippen molar-refractivity contribution >= 4 is 28.4 Å². The number of hydrogen-bond donors (Lipinski definition) is 0. The maximum absolute atomic E-state index is 12.1.